The number of nitrogens with two attached hydrogens (primary N) is 1. The summed E-state index contributed by atoms with van der Waals surface area (Å²) >= 11 is 0. The molecule has 0 unspecified atom stereocenters. The molecular weight excluding hydrogens is 277 g/mol. The van der Waals surface area contributed by atoms with E-state index < -0.39 is 17.9 Å². The predicted octanol–water partition coefficient (Wildman–Crippen LogP) is -0.413. The maximum atomic E-state index is 12.6. The number of hydrogen-bond acceptors (Lipinski definition) is 7. The molecule has 112 valence electrons. The van der Waals surface area contributed by atoms with Gasteiger partial charge in [-0.25, -0.2) is 0 Å². The number of β-amino-alcohol motifs (C(OH)–C–C–N with tert-alkyl or cyclic N) is 1. The number of alkyl halides is 3. The lowest BCUT2D eigenvalue weighted by Gasteiger charge is -2.34. The maximum absolute atomic E-state index is 12.6. The molecule has 1 aliphatic heterocycles. The van der Waals surface area contributed by atoms with Crippen molar-refractivity contribution in [2.45, 2.75) is 6.18 Å². The first-order valence-electron chi connectivity index (χ1n) is 6.07. The Hall–Kier alpha value is -1.68. The van der Waals surface area contributed by atoms with Crippen LogP contribution in [0.3, 0.4) is 0 Å². The Kier molecular flexibility index (Phi) is 4.23. The molecule has 3 N–H and O–H groups in total. The summed E-state index contributed by atoms with van der Waals surface area (Å²) in [5, 5.41) is 8.83. The zero-order valence-corrected chi connectivity index (χ0v) is 10.6. The molecule has 0 spiro atoms. The SMILES string of the molecule is Nc1nc(N2CCN(CCO)CC2)nc(C(F)(F)F)n1. The summed E-state index contributed by atoms with van der Waals surface area (Å²) in [6.07, 6.45) is -4.65. The Morgan fingerprint density at radius 2 is 1.75 bits per heavy atom. The highest BCUT2D eigenvalue weighted by Gasteiger charge is 2.36. The van der Waals surface area contributed by atoms with E-state index in [1.165, 1.54) is 0 Å². The van der Waals surface area contributed by atoms with E-state index >= 15 is 0 Å². The number of nitrogen functional groups attached to an aromatic ring is 1. The average molecular weight is 292 g/mol. The number of anilines is 2. The molecule has 1 saturated heterocycles. The quantitative estimate of drug-likeness (QED) is 0.782. The van der Waals surface area contributed by atoms with E-state index in [0.717, 1.165) is 0 Å². The second kappa shape index (κ2) is 5.75. The van der Waals surface area contributed by atoms with Gasteiger partial charge in [0, 0.05) is 32.7 Å². The smallest absolute Gasteiger partial charge is 0.395 e. The topological polar surface area (TPSA) is 91.4 Å². The number of aromatic nitrogens is 3. The molecule has 0 aromatic carbocycles. The molecule has 20 heavy (non-hydrogen) atoms. The molecule has 1 aliphatic rings. The third-order valence-electron chi connectivity index (χ3n) is 2.97. The van der Waals surface area contributed by atoms with Crippen molar-refractivity contribution >= 4 is 11.9 Å². The minimum atomic E-state index is -4.65. The lowest BCUT2D eigenvalue weighted by atomic mass is 10.3. The van der Waals surface area contributed by atoms with Gasteiger partial charge in [0.2, 0.25) is 17.7 Å². The van der Waals surface area contributed by atoms with Crippen molar-refractivity contribution in [3.8, 4) is 0 Å². The molecule has 1 fully saturated rings. The average Bonchev–Trinajstić information content (AvgIpc) is 2.38. The Morgan fingerprint density at radius 3 is 2.30 bits per heavy atom. The fourth-order valence-electron chi connectivity index (χ4n) is 1.96. The molecule has 0 bridgehead atoms. The number of nitrogens with zero attached hydrogens (tertiary/aromatic N) is 5. The van der Waals surface area contributed by atoms with Crippen LogP contribution < -0.4 is 10.6 Å². The number of halogens is 3. The van der Waals surface area contributed by atoms with Crippen molar-refractivity contribution in [1.29, 1.82) is 0 Å². The van der Waals surface area contributed by atoms with Gasteiger partial charge in [-0.1, -0.05) is 0 Å². The molecular formula is C10H15F3N6O. The molecule has 0 atom stereocenters. The summed E-state index contributed by atoms with van der Waals surface area (Å²) in [5.41, 5.74) is 5.31. The van der Waals surface area contributed by atoms with Crippen LogP contribution in [0.2, 0.25) is 0 Å². The zero-order valence-electron chi connectivity index (χ0n) is 10.6. The highest BCUT2D eigenvalue weighted by atomic mass is 19.4. The van der Waals surface area contributed by atoms with E-state index in [4.69, 9.17) is 10.8 Å². The van der Waals surface area contributed by atoms with E-state index in [0.29, 0.717) is 32.7 Å². The van der Waals surface area contributed by atoms with Crippen LogP contribution in [0.5, 0.6) is 0 Å². The van der Waals surface area contributed by atoms with Gasteiger partial charge in [0.05, 0.1) is 6.61 Å². The molecule has 7 nitrogen and oxygen atoms in total. The normalized spacial score (nSPS) is 17.5. The van der Waals surface area contributed by atoms with Crippen molar-refractivity contribution in [3.63, 3.8) is 0 Å². The Bertz CT molecular complexity index is 461. The third kappa shape index (κ3) is 3.45. The first kappa shape index (κ1) is 14.7. The number of aliphatic hydroxyl groups excluding tert-OH is 1. The van der Waals surface area contributed by atoms with Gasteiger partial charge in [-0.05, 0) is 0 Å². The minimum Gasteiger partial charge on any atom is -0.395 e. The van der Waals surface area contributed by atoms with Crippen LogP contribution in [-0.2, 0) is 6.18 Å². The van der Waals surface area contributed by atoms with Crippen LogP contribution in [0.1, 0.15) is 5.82 Å². The lowest BCUT2D eigenvalue weighted by molar-refractivity contribution is -0.144. The van der Waals surface area contributed by atoms with Crippen molar-refractivity contribution < 1.29 is 18.3 Å². The van der Waals surface area contributed by atoms with Gasteiger partial charge in [0.15, 0.2) is 0 Å². The fraction of sp³-hybridized carbons (Fsp3) is 0.700. The number of piperazine rings is 1. The highest BCUT2D eigenvalue weighted by molar-refractivity contribution is 5.35. The molecule has 2 rings (SSSR count). The third-order valence-corrected chi connectivity index (χ3v) is 2.97. The molecule has 0 saturated carbocycles. The first-order chi connectivity index (χ1) is 9.40. The maximum Gasteiger partial charge on any atom is 0.451 e. The van der Waals surface area contributed by atoms with Gasteiger partial charge in [0.25, 0.3) is 0 Å². The molecule has 1 aromatic rings. The molecule has 2 heterocycles. The summed E-state index contributed by atoms with van der Waals surface area (Å²) in [7, 11) is 0. The molecule has 1 aromatic heterocycles. The van der Waals surface area contributed by atoms with Gasteiger partial charge in [-0.2, -0.15) is 28.1 Å². The summed E-state index contributed by atoms with van der Waals surface area (Å²) in [6.45, 7) is 2.78. The Morgan fingerprint density at radius 1 is 1.10 bits per heavy atom. The van der Waals surface area contributed by atoms with Crippen LogP contribution in [0.15, 0.2) is 0 Å². The summed E-state index contributed by atoms with van der Waals surface area (Å²) in [6, 6.07) is 0. The molecule has 0 amide bonds. The van der Waals surface area contributed by atoms with Crippen molar-refractivity contribution in [1.82, 2.24) is 19.9 Å². The highest BCUT2D eigenvalue weighted by Crippen LogP contribution is 2.27. The monoisotopic (exact) mass is 292 g/mol. The van der Waals surface area contributed by atoms with Crippen LogP contribution >= 0.6 is 0 Å². The van der Waals surface area contributed by atoms with E-state index in [1.54, 1.807) is 4.90 Å². The van der Waals surface area contributed by atoms with E-state index in [9.17, 15) is 13.2 Å². The van der Waals surface area contributed by atoms with E-state index in [2.05, 4.69) is 15.0 Å². The lowest BCUT2D eigenvalue weighted by Crippen LogP contribution is -2.48. The van der Waals surface area contributed by atoms with E-state index in [-0.39, 0.29) is 12.6 Å². The Balaban J connectivity index is 2.12. The van der Waals surface area contributed by atoms with Crippen molar-refractivity contribution in [2.75, 3.05) is 50.0 Å². The van der Waals surface area contributed by atoms with Gasteiger partial charge in [0.1, 0.15) is 0 Å². The minimum absolute atomic E-state index is 0.0525. The van der Waals surface area contributed by atoms with Crippen LogP contribution in [-0.4, -0.2) is 64.3 Å². The van der Waals surface area contributed by atoms with Crippen molar-refractivity contribution in [2.24, 2.45) is 0 Å². The predicted molar refractivity (Wildman–Crippen MR) is 65.0 cm³/mol. The van der Waals surface area contributed by atoms with Crippen LogP contribution in [0, 0.1) is 0 Å². The van der Waals surface area contributed by atoms with E-state index in [1.807, 2.05) is 4.90 Å². The van der Waals surface area contributed by atoms with Crippen LogP contribution in [0.4, 0.5) is 25.1 Å². The van der Waals surface area contributed by atoms with Crippen LogP contribution in [0.25, 0.3) is 0 Å². The second-order valence-electron chi connectivity index (χ2n) is 4.37. The van der Waals surface area contributed by atoms with Gasteiger partial charge in [-0.15, -0.1) is 0 Å². The fourth-order valence-corrected chi connectivity index (χ4v) is 1.96. The molecule has 0 radical (unpaired) electrons. The summed E-state index contributed by atoms with van der Waals surface area (Å²) < 4.78 is 37.8. The first-order valence-corrected chi connectivity index (χ1v) is 6.07. The largest absolute Gasteiger partial charge is 0.451 e. The number of hydrogen-bond donors (Lipinski definition) is 2. The number of rotatable bonds is 3. The van der Waals surface area contributed by atoms with Crippen molar-refractivity contribution in [3.05, 3.63) is 5.82 Å². The van der Waals surface area contributed by atoms with Gasteiger partial charge >= 0.3 is 6.18 Å². The number of aliphatic hydroxyl groups is 1. The van der Waals surface area contributed by atoms with Gasteiger partial charge < -0.3 is 15.7 Å². The zero-order chi connectivity index (χ0) is 14.8. The van der Waals surface area contributed by atoms with Gasteiger partial charge in [-0.3, -0.25) is 4.90 Å². The summed E-state index contributed by atoms with van der Waals surface area (Å²) in [5.74, 6) is -1.79. The standard InChI is InChI=1S/C10H15F3N6O/c11-10(12,13)7-15-8(14)17-9(16-7)19-3-1-18(2-4-19)5-6-20/h20H,1-6H2,(H2,14,15,16,17). The molecule has 0 aliphatic carbocycles. The second-order valence-corrected chi connectivity index (χ2v) is 4.37. The molecule has 10 heteroatoms. The summed E-state index contributed by atoms with van der Waals surface area (Å²) in [4.78, 5) is 13.9. The Labute approximate surface area is 113 Å².